The van der Waals surface area contributed by atoms with Gasteiger partial charge in [-0.05, 0) is 16.7 Å². The Morgan fingerprint density at radius 2 is 1.45 bits per heavy atom. The fourth-order valence-electron chi connectivity index (χ4n) is 4.27. The highest BCUT2D eigenvalue weighted by Gasteiger charge is 2.42. The summed E-state index contributed by atoms with van der Waals surface area (Å²) in [7, 11) is 0. The van der Waals surface area contributed by atoms with E-state index in [2.05, 4.69) is 0 Å². The van der Waals surface area contributed by atoms with Crippen molar-refractivity contribution in [3.8, 4) is 0 Å². The SMILES string of the molecule is O=C(O)C1CC(OC/C=C/c2ccccc2)CN1C(=O)C(c1ccccc1)c1ccccc1. The molecule has 3 aromatic rings. The van der Waals surface area contributed by atoms with Crippen molar-refractivity contribution >= 4 is 18.0 Å². The van der Waals surface area contributed by atoms with Crippen molar-refractivity contribution in [2.75, 3.05) is 13.2 Å². The number of benzene rings is 3. The summed E-state index contributed by atoms with van der Waals surface area (Å²) >= 11 is 0. The molecule has 2 unspecified atom stereocenters. The van der Waals surface area contributed by atoms with Crippen LogP contribution < -0.4 is 0 Å². The monoisotopic (exact) mass is 441 g/mol. The molecule has 0 aromatic heterocycles. The van der Waals surface area contributed by atoms with Crippen molar-refractivity contribution < 1.29 is 19.4 Å². The highest BCUT2D eigenvalue weighted by Crippen LogP contribution is 2.31. The topological polar surface area (TPSA) is 66.8 Å². The molecule has 33 heavy (non-hydrogen) atoms. The molecule has 0 radical (unpaired) electrons. The molecule has 5 nitrogen and oxygen atoms in total. The zero-order valence-corrected chi connectivity index (χ0v) is 18.3. The number of carbonyl (C=O) groups excluding carboxylic acids is 1. The standard InChI is InChI=1S/C28H27NO4/c30-27(26(22-14-6-2-7-15-22)23-16-8-3-9-17-23)29-20-24(19-25(29)28(31)32)33-18-10-13-21-11-4-1-5-12-21/h1-17,24-26H,18-20H2,(H,31,32)/b13-10+. The van der Waals surface area contributed by atoms with Crippen LogP contribution in [-0.4, -0.2) is 47.2 Å². The number of carboxylic acids is 1. The van der Waals surface area contributed by atoms with Crippen LogP contribution in [0.5, 0.6) is 0 Å². The molecule has 1 saturated heterocycles. The molecule has 1 aliphatic rings. The molecule has 1 fully saturated rings. The number of amides is 1. The molecular formula is C28H27NO4. The van der Waals surface area contributed by atoms with E-state index in [-0.39, 0.29) is 25.0 Å². The molecule has 1 aliphatic heterocycles. The Kier molecular flexibility index (Phi) is 7.33. The van der Waals surface area contributed by atoms with Crippen molar-refractivity contribution in [1.29, 1.82) is 0 Å². The molecule has 1 N–H and O–H groups in total. The fraction of sp³-hybridized carbons (Fsp3) is 0.214. The lowest BCUT2D eigenvalue weighted by atomic mass is 9.90. The Morgan fingerprint density at radius 1 is 0.909 bits per heavy atom. The Hall–Kier alpha value is -3.70. The summed E-state index contributed by atoms with van der Waals surface area (Å²) in [5.41, 5.74) is 2.75. The quantitative estimate of drug-likeness (QED) is 0.555. The van der Waals surface area contributed by atoms with E-state index in [4.69, 9.17) is 4.74 Å². The van der Waals surface area contributed by atoms with Crippen molar-refractivity contribution in [3.05, 3.63) is 114 Å². The molecule has 5 heteroatoms. The summed E-state index contributed by atoms with van der Waals surface area (Å²) in [5.74, 6) is -1.79. The summed E-state index contributed by atoms with van der Waals surface area (Å²) in [4.78, 5) is 27.2. The van der Waals surface area contributed by atoms with E-state index in [9.17, 15) is 14.7 Å². The number of likely N-dealkylation sites (tertiary alicyclic amines) is 1. The van der Waals surface area contributed by atoms with Gasteiger partial charge in [-0.25, -0.2) is 4.79 Å². The largest absolute Gasteiger partial charge is 0.480 e. The smallest absolute Gasteiger partial charge is 0.326 e. The van der Waals surface area contributed by atoms with Gasteiger partial charge in [0, 0.05) is 13.0 Å². The minimum absolute atomic E-state index is 0.217. The fourth-order valence-corrected chi connectivity index (χ4v) is 4.27. The maximum atomic E-state index is 13.7. The molecule has 2 atom stereocenters. The summed E-state index contributed by atoms with van der Waals surface area (Å²) in [6.07, 6.45) is 3.82. The third kappa shape index (κ3) is 5.57. The number of aliphatic carboxylic acids is 1. The molecule has 3 aromatic carbocycles. The number of hydrogen-bond donors (Lipinski definition) is 1. The predicted molar refractivity (Wildman–Crippen MR) is 128 cm³/mol. The van der Waals surface area contributed by atoms with Crippen LogP contribution in [0.1, 0.15) is 29.0 Å². The molecule has 0 aliphatic carbocycles. The second kappa shape index (κ2) is 10.7. The second-order valence-corrected chi connectivity index (χ2v) is 8.10. The number of carboxylic acid groups (broad SMARTS) is 1. The molecule has 0 spiro atoms. The van der Waals surface area contributed by atoms with Crippen molar-refractivity contribution in [2.45, 2.75) is 24.5 Å². The first-order valence-corrected chi connectivity index (χ1v) is 11.1. The van der Waals surface area contributed by atoms with Crippen molar-refractivity contribution in [3.63, 3.8) is 0 Å². The van der Waals surface area contributed by atoms with E-state index < -0.39 is 17.9 Å². The van der Waals surface area contributed by atoms with Crippen LogP contribution >= 0.6 is 0 Å². The summed E-state index contributed by atoms with van der Waals surface area (Å²) < 4.78 is 5.93. The van der Waals surface area contributed by atoms with Crippen LogP contribution in [0.15, 0.2) is 97.1 Å². The minimum atomic E-state index is -1.01. The minimum Gasteiger partial charge on any atom is -0.480 e. The van der Waals surface area contributed by atoms with Gasteiger partial charge in [-0.1, -0.05) is 103 Å². The Balaban J connectivity index is 1.50. The van der Waals surface area contributed by atoms with E-state index in [1.54, 1.807) is 0 Å². The van der Waals surface area contributed by atoms with E-state index in [0.29, 0.717) is 6.61 Å². The third-order valence-electron chi connectivity index (χ3n) is 5.88. The zero-order chi connectivity index (χ0) is 23.0. The molecule has 168 valence electrons. The average molecular weight is 442 g/mol. The van der Waals surface area contributed by atoms with Crippen molar-refractivity contribution in [1.82, 2.24) is 4.90 Å². The summed E-state index contributed by atoms with van der Waals surface area (Å²) in [6.45, 7) is 0.611. The van der Waals surface area contributed by atoms with Gasteiger partial charge in [-0.3, -0.25) is 4.79 Å². The van der Waals surface area contributed by atoms with Crippen LogP contribution in [-0.2, 0) is 14.3 Å². The maximum absolute atomic E-state index is 13.7. The lowest BCUT2D eigenvalue weighted by Gasteiger charge is -2.27. The third-order valence-corrected chi connectivity index (χ3v) is 5.88. The molecule has 0 bridgehead atoms. The van der Waals surface area contributed by atoms with E-state index in [1.807, 2.05) is 103 Å². The van der Waals surface area contributed by atoms with E-state index >= 15 is 0 Å². The summed E-state index contributed by atoms with van der Waals surface area (Å²) in [6, 6.07) is 28.0. The maximum Gasteiger partial charge on any atom is 0.326 e. The summed E-state index contributed by atoms with van der Waals surface area (Å²) in [5, 5.41) is 9.83. The van der Waals surface area contributed by atoms with E-state index in [0.717, 1.165) is 16.7 Å². The first kappa shape index (κ1) is 22.5. The number of carbonyl (C=O) groups is 2. The predicted octanol–water partition coefficient (Wildman–Crippen LogP) is 4.60. The lowest BCUT2D eigenvalue weighted by Crippen LogP contribution is -2.43. The van der Waals surface area contributed by atoms with Crippen molar-refractivity contribution in [2.24, 2.45) is 0 Å². The number of hydrogen-bond acceptors (Lipinski definition) is 3. The highest BCUT2D eigenvalue weighted by atomic mass is 16.5. The molecular weight excluding hydrogens is 414 g/mol. The van der Waals surface area contributed by atoms with Gasteiger partial charge in [-0.15, -0.1) is 0 Å². The molecule has 0 saturated carbocycles. The van der Waals surface area contributed by atoms with Crippen LogP contribution in [0.2, 0.25) is 0 Å². The molecule has 4 rings (SSSR count). The first-order valence-electron chi connectivity index (χ1n) is 11.1. The lowest BCUT2D eigenvalue weighted by molar-refractivity contribution is -0.148. The Morgan fingerprint density at radius 3 is 2.00 bits per heavy atom. The van der Waals surface area contributed by atoms with E-state index in [1.165, 1.54) is 4.90 Å². The Bertz CT molecular complexity index is 1040. The molecule has 1 amide bonds. The normalized spacial score (nSPS) is 18.2. The number of rotatable bonds is 8. The first-order chi connectivity index (χ1) is 16.1. The van der Waals surface area contributed by atoms with Gasteiger partial charge in [0.1, 0.15) is 6.04 Å². The molecule has 1 heterocycles. The van der Waals surface area contributed by atoms with Gasteiger partial charge in [0.25, 0.3) is 0 Å². The van der Waals surface area contributed by atoms with Gasteiger partial charge in [0.2, 0.25) is 5.91 Å². The van der Waals surface area contributed by atoms with Crippen LogP contribution in [0.3, 0.4) is 0 Å². The highest BCUT2D eigenvalue weighted by molar-refractivity contribution is 5.91. The van der Waals surface area contributed by atoms with Crippen LogP contribution in [0.4, 0.5) is 0 Å². The van der Waals surface area contributed by atoms with Gasteiger partial charge >= 0.3 is 5.97 Å². The van der Waals surface area contributed by atoms with Crippen LogP contribution in [0.25, 0.3) is 6.08 Å². The zero-order valence-electron chi connectivity index (χ0n) is 18.3. The second-order valence-electron chi connectivity index (χ2n) is 8.10. The van der Waals surface area contributed by atoms with Gasteiger partial charge in [-0.2, -0.15) is 0 Å². The average Bonchev–Trinajstić information content (AvgIpc) is 3.29. The van der Waals surface area contributed by atoms with Gasteiger partial charge < -0.3 is 14.7 Å². The van der Waals surface area contributed by atoms with Crippen LogP contribution in [0, 0.1) is 0 Å². The Labute approximate surface area is 193 Å². The number of ether oxygens (including phenoxy) is 1. The van der Waals surface area contributed by atoms with Gasteiger partial charge in [0.05, 0.1) is 18.6 Å². The number of nitrogens with zero attached hydrogens (tertiary/aromatic N) is 1. The van der Waals surface area contributed by atoms with Gasteiger partial charge in [0.15, 0.2) is 0 Å².